The molecule has 1 aromatic carbocycles. The number of benzene rings is 1. The van der Waals surface area contributed by atoms with Gasteiger partial charge in [0.25, 0.3) is 0 Å². The maximum absolute atomic E-state index is 13.0. The number of halogens is 7. The van der Waals surface area contributed by atoms with E-state index in [0.29, 0.717) is 55.6 Å². The maximum atomic E-state index is 13.0. The molecule has 2 aliphatic rings. The normalized spacial score (nSPS) is 14.9. The third-order valence-electron chi connectivity index (χ3n) is 7.41. The van der Waals surface area contributed by atoms with E-state index in [-0.39, 0.29) is 17.6 Å². The summed E-state index contributed by atoms with van der Waals surface area (Å²) in [6, 6.07) is 7.75. The highest BCUT2D eigenvalue weighted by Gasteiger charge is 2.39. The molecule has 2 aromatic heterocycles. The van der Waals surface area contributed by atoms with Gasteiger partial charge >= 0.3 is 24.3 Å². The average Bonchev–Trinajstić information content (AvgIpc) is 3.06. The Morgan fingerprint density at radius 2 is 1.56 bits per heavy atom. The van der Waals surface area contributed by atoms with E-state index in [4.69, 9.17) is 31.4 Å². The number of carboxylic acid groups (broad SMARTS) is 2. The molecule has 0 spiro atoms. The number of carboxylic acids is 2. The largest absolute Gasteiger partial charge is 0.490 e. The van der Waals surface area contributed by atoms with Crippen molar-refractivity contribution in [1.82, 2.24) is 19.3 Å². The van der Waals surface area contributed by atoms with E-state index in [0.717, 1.165) is 34.6 Å². The molecule has 1 fully saturated rings. The van der Waals surface area contributed by atoms with Crippen molar-refractivity contribution in [3.05, 3.63) is 59.0 Å². The van der Waals surface area contributed by atoms with Crippen molar-refractivity contribution in [1.29, 1.82) is 0 Å². The Labute approximate surface area is 297 Å². The topological polar surface area (TPSA) is 204 Å². The molecule has 0 aliphatic carbocycles. The second-order valence-electron chi connectivity index (χ2n) is 11.2. The minimum absolute atomic E-state index is 0.0713. The molecule has 0 unspecified atom stereocenters. The number of aromatic nitrogens is 3. The van der Waals surface area contributed by atoms with Crippen molar-refractivity contribution in [2.24, 2.45) is 5.92 Å². The van der Waals surface area contributed by atoms with Crippen molar-refractivity contribution in [2.45, 2.75) is 51.4 Å². The Balaban J connectivity index is 0.000000441. The highest BCUT2D eigenvalue weighted by molar-refractivity contribution is 7.89. The summed E-state index contributed by atoms with van der Waals surface area (Å²) >= 11 is 6.35. The fourth-order valence-electron chi connectivity index (χ4n) is 4.79. The van der Waals surface area contributed by atoms with Gasteiger partial charge in [0.1, 0.15) is 5.02 Å². The molecule has 284 valence electrons. The van der Waals surface area contributed by atoms with Gasteiger partial charge in [-0.15, -0.1) is 0 Å². The number of amides is 1. The van der Waals surface area contributed by atoms with Gasteiger partial charge in [0, 0.05) is 37.1 Å². The van der Waals surface area contributed by atoms with Gasteiger partial charge in [-0.2, -0.15) is 31.3 Å². The van der Waals surface area contributed by atoms with E-state index in [1.54, 1.807) is 13.1 Å². The molecule has 4 heterocycles. The number of fused-ring (bicyclic) bond motifs is 6. The second kappa shape index (κ2) is 17.6. The monoisotopic (exact) mass is 783 g/mol. The van der Waals surface area contributed by atoms with Crippen LogP contribution in [0.15, 0.2) is 42.9 Å². The van der Waals surface area contributed by atoms with Crippen LogP contribution in [-0.4, -0.2) is 86.9 Å². The molecular weight excluding hydrogens is 752 g/mol. The lowest BCUT2D eigenvalue weighted by Crippen LogP contribution is -2.39. The fraction of sp³-hybridized carbons (Fsp3) is 0.400. The SMILES string of the molecule is CCS(=O)(=O)N1CCC(CC(=O)Nc2ccc3cc2CCc2cncc(c2)Nc2ncc(Cl)c(n2)N3)CC1.O=C(O)C(F)(F)F.O=C(O)C(F)(F)F. The number of carbonyl (C=O) groups is 3. The summed E-state index contributed by atoms with van der Waals surface area (Å²) < 4.78 is 89.3. The number of alkyl halides is 6. The molecule has 3 aromatic rings. The van der Waals surface area contributed by atoms with Gasteiger partial charge < -0.3 is 26.2 Å². The zero-order valence-corrected chi connectivity index (χ0v) is 28.6. The van der Waals surface area contributed by atoms with Gasteiger partial charge in [-0.1, -0.05) is 11.6 Å². The molecule has 52 heavy (non-hydrogen) atoms. The third-order valence-corrected chi connectivity index (χ3v) is 9.57. The van der Waals surface area contributed by atoms with E-state index < -0.39 is 34.3 Å². The van der Waals surface area contributed by atoms with Gasteiger partial charge in [0.15, 0.2) is 5.82 Å². The van der Waals surface area contributed by atoms with Crippen molar-refractivity contribution in [3.8, 4) is 0 Å². The molecule has 0 radical (unpaired) electrons. The predicted octanol–water partition coefficient (Wildman–Crippen LogP) is 5.77. The number of pyridine rings is 1. The van der Waals surface area contributed by atoms with E-state index in [1.807, 2.05) is 30.5 Å². The van der Waals surface area contributed by atoms with Crippen LogP contribution in [0.1, 0.15) is 37.3 Å². The number of nitrogens with one attached hydrogen (secondary N) is 3. The number of anilines is 5. The zero-order chi connectivity index (χ0) is 38.9. The van der Waals surface area contributed by atoms with Crippen LogP contribution in [0.5, 0.6) is 0 Å². The molecule has 1 amide bonds. The van der Waals surface area contributed by atoms with E-state index in [9.17, 15) is 39.6 Å². The predicted molar refractivity (Wildman–Crippen MR) is 176 cm³/mol. The lowest BCUT2D eigenvalue weighted by Gasteiger charge is -2.30. The van der Waals surface area contributed by atoms with Crippen LogP contribution in [0.25, 0.3) is 0 Å². The number of aliphatic carboxylic acids is 2. The Bertz CT molecular complexity index is 1830. The summed E-state index contributed by atoms with van der Waals surface area (Å²) in [6.07, 6.45) is -1.97. The first kappa shape index (κ1) is 41.7. The highest BCUT2D eigenvalue weighted by Crippen LogP contribution is 2.30. The van der Waals surface area contributed by atoms with Gasteiger partial charge in [-0.3, -0.25) is 9.78 Å². The first-order chi connectivity index (χ1) is 24.2. The number of sulfonamides is 1. The van der Waals surface area contributed by atoms with Crippen LogP contribution >= 0.6 is 11.6 Å². The van der Waals surface area contributed by atoms with Crippen LogP contribution in [0.2, 0.25) is 5.02 Å². The molecule has 14 nitrogen and oxygen atoms in total. The summed E-state index contributed by atoms with van der Waals surface area (Å²) in [7, 11) is -3.18. The van der Waals surface area contributed by atoms with Crippen molar-refractivity contribution >= 4 is 68.3 Å². The molecule has 0 atom stereocenters. The van der Waals surface area contributed by atoms with Gasteiger partial charge in [0.2, 0.25) is 21.9 Å². The Hall–Kier alpha value is -4.76. The minimum Gasteiger partial charge on any atom is -0.475 e. The van der Waals surface area contributed by atoms with Gasteiger partial charge in [-0.05, 0) is 73.9 Å². The first-order valence-electron chi connectivity index (χ1n) is 15.2. The van der Waals surface area contributed by atoms with Gasteiger partial charge in [0.05, 0.1) is 23.8 Å². The third kappa shape index (κ3) is 12.8. The Morgan fingerprint density at radius 3 is 2.13 bits per heavy atom. The standard InChI is InChI=1S/C26H30ClN7O3S.2C2HF3O2/c1-2-38(36,37)34-9-7-17(8-10-34)12-24(35)32-23-6-5-20-13-19(23)4-3-18-11-21(15-28-14-18)31-26-29-16-22(27)25(30-20)33-26;2*3-2(4,5)1(6)7/h5-6,11,13-17H,2-4,7-10,12H2,1H3,(H,32,35)(H2,29,30,31,33);2*(H,6,7). The van der Waals surface area contributed by atoms with E-state index in [2.05, 4.69) is 30.9 Å². The molecule has 0 saturated carbocycles. The minimum atomic E-state index is -5.08. The summed E-state index contributed by atoms with van der Waals surface area (Å²) in [4.78, 5) is 43.9. The molecule has 22 heteroatoms. The summed E-state index contributed by atoms with van der Waals surface area (Å²) in [6.45, 7) is 2.59. The summed E-state index contributed by atoms with van der Waals surface area (Å²) in [5.74, 6) is -4.46. The van der Waals surface area contributed by atoms with Crippen molar-refractivity contribution in [3.63, 3.8) is 0 Å². The van der Waals surface area contributed by atoms with Crippen molar-refractivity contribution in [2.75, 3.05) is 34.8 Å². The smallest absolute Gasteiger partial charge is 0.475 e. The molecule has 1 saturated heterocycles. The van der Waals surface area contributed by atoms with E-state index in [1.165, 1.54) is 10.5 Å². The lowest BCUT2D eigenvalue weighted by molar-refractivity contribution is -0.193. The highest BCUT2D eigenvalue weighted by atomic mass is 35.5. The molecule has 5 rings (SSSR count). The number of hydrogen-bond donors (Lipinski definition) is 5. The first-order valence-corrected chi connectivity index (χ1v) is 17.2. The summed E-state index contributed by atoms with van der Waals surface area (Å²) in [5.41, 5.74) is 4.31. The maximum Gasteiger partial charge on any atom is 0.490 e. The van der Waals surface area contributed by atoms with Gasteiger partial charge in [-0.25, -0.2) is 27.3 Å². The number of nitrogens with zero attached hydrogens (tertiary/aromatic N) is 4. The van der Waals surface area contributed by atoms with Crippen molar-refractivity contribution < 1.29 is 59.4 Å². The number of rotatable bonds is 5. The van der Waals surface area contributed by atoms with Crippen LogP contribution in [0, 0.1) is 5.92 Å². The van der Waals surface area contributed by atoms with Crippen LogP contribution < -0.4 is 16.0 Å². The molecule has 2 aliphatic heterocycles. The van der Waals surface area contributed by atoms with Crippen LogP contribution in [0.3, 0.4) is 0 Å². The summed E-state index contributed by atoms with van der Waals surface area (Å²) in [5, 5.41) is 24.2. The molecule has 5 N–H and O–H groups in total. The van der Waals surface area contributed by atoms with Crippen LogP contribution in [0.4, 0.5) is 55.2 Å². The average molecular weight is 784 g/mol. The quantitative estimate of drug-likeness (QED) is 0.196. The molecule has 6 bridgehead atoms. The number of carbonyl (C=O) groups excluding carboxylic acids is 1. The fourth-order valence-corrected chi connectivity index (χ4v) is 6.06. The number of aryl methyl sites for hydroxylation is 2. The molecular formula is C30H32ClF6N7O7S. The second-order valence-corrected chi connectivity index (χ2v) is 13.9. The lowest BCUT2D eigenvalue weighted by atomic mass is 9.94. The van der Waals surface area contributed by atoms with E-state index >= 15 is 0 Å². The number of hydrogen-bond acceptors (Lipinski definition) is 10. The van der Waals surface area contributed by atoms with Crippen LogP contribution in [-0.2, 0) is 37.2 Å². The Morgan fingerprint density at radius 1 is 0.942 bits per heavy atom. The number of piperidine rings is 1. The Kier molecular flexibility index (Phi) is 14.1. The zero-order valence-electron chi connectivity index (χ0n) is 27.1.